The molecule has 23 heavy (non-hydrogen) atoms. The highest BCUT2D eigenvalue weighted by molar-refractivity contribution is 5.94. The number of halogens is 2. The zero-order chi connectivity index (χ0) is 15.9. The zero-order valence-corrected chi connectivity index (χ0v) is 13.4. The third-order valence-corrected chi connectivity index (χ3v) is 3.48. The third-order valence-electron chi connectivity index (χ3n) is 3.48. The van der Waals surface area contributed by atoms with E-state index in [0.717, 1.165) is 6.42 Å². The van der Waals surface area contributed by atoms with Crippen molar-refractivity contribution in [2.45, 2.75) is 25.0 Å². The first-order valence-electron chi connectivity index (χ1n) is 7.27. The van der Waals surface area contributed by atoms with Crippen molar-refractivity contribution in [3.8, 4) is 0 Å². The second-order valence-corrected chi connectivity index (χ2v) is 5.11. The molecule has 1 fully saturated rings. The highest BCUT2D eigenvalue weighted by Crippen LogP contribution is 2.18. The molecule has 0 aromatic heterocycles. The van der Waals surface area contributed by atoms with Gasteiger partial charge in [0.2, 0.25) is 5.91 Å². The molecule has 1 aromatic rings. The standard InChI is InChI=1S/C15H20FN3O3.ClH/c16-11-3-1-10(2-4-11)14(20)18-7-8-19-15(21)13-6-5-12(9-17)22-13;/h1-4,12-13H,5-9,17H2,(H,18,20)(H,19,21);1H/t12-,13+;/m1./s1. The summed E-state index contributed by atoms with van der Waals surface area (Å²) < 4.78 is 18.2. The molecule has 0 bridgehead atoms. The van der Waals surface area contributed by atoms with E-state index in [1.807, 2.05) is 0 Å². The molecule has 1 heterocycles. The van der Waals surface area contributed by atoms with Crippen LogP contribution in [-0.2, 0) is 9.53 Å². The summed E-state index contributed by atoms with van der Waals surface area (Å²) in [7, 11) is 0. The van der Waals surface area contributed by atoms with Crippen molar-refractivity contribution < 1.29 is 18.7 Å². The van der Waals surface area contributed by atoms with Gasteiger partial charge in [0, 0.05) is 25.2 Å². The average molecular weight is 346 g/mol. The molecule has 0 unspecified atom stereocenters. The minimum Gasteiger partial charge on any atom is -0.364 e. The normalized spacial score (nSPS) is 19.7. The second kappa shape index (κ2) is 9.44. The number of carbonyl (C=O) groups excluding carboxylic acids is 2. The van der Waals surface area contributed by atoms with Crippen LogP contribution in [0.15, 0.2) is 24.3 Å². The first-order valence-corrected chi connectivity index (χ1v) is 7.27. The van der Waals surface area contributed by atoms with E-state index in [2.05, 4.69) is 10.6 Å². The number of benzene rings is 1. The lowest BCUT2D eigenvalue weighted by atomic mass is 10.2. The van der Waals surface area contributed by atoms with E-state index in [-0.39, 0.29) is 36.9 Å². The molecule has 0 saturated carbocycles. The second-order valence-electron chi connectivity index (χ2n) is 5.11. The van der Waals surface area contributed by atoms with Crippen molar-refractivity contribution in [3.63, 3.8) is 0 Å². The van der Waals surface area contributed by atoms with E-state index in [1.54, 1.807) is 0 Å². The minimum absolute atomic E-state index is 0. The van der Waals surface area contributed by atoms with Gasteiger partial charge in [0.25, 0.3) is 5.91 Å². The Bertz CT molecular complexity index is 527. The highest BCUT2D eigenvalue weighted by atomic mass is 35.5. The summed E-state index contributed by atoms with van der Waals surface area (Å²) >= 11 is 0. The molecular weight excluding hydrogens is 325 g/mol. The lowest BCUT2D eigenvalue weighted by Gasteiger charge is -2.13. The van der Waals surface area contributed by atoms with Gasteiger partial charge in [-0.25, -0.2) is 4.39 Å². The molecule has 1 aliphatic heterocycles. The molecule has 8 heteroatoms. The number of nitrogens with two attached hydrogens (primary N) is 1. The lowest BCUT2D eigenvalue weighted by Crippen LogP contribution is -2.40. The first-order chi connectivity index (χ1) is 10.6. The largest absolute Gasteiger partial charge is 0.364 e. The smallest absolute Gasteiger partial charge is 0.251 e. The highest BCUT2D eigenvalue weighted by Gasteiger charge is 2.29. The van der Waals surface area contributed by atoms with Crippen molar-refractivity contribution in [3.05, 3.63) is 35.6 Å². The van der Waals surface area contributed by atoms with E-state index in [0.29, 0.717) is 25.1 Å². The predicted octanol–water partition coefficient (Wildman–Crippen LogP) is 0.600. The summed E-state index contributed by atoms with van der Waals surface area (Å²) in [5, 5.41) is 5.35. The Kier molecular flexibility index (Phi) is 7.94. The molecule has 1 saturated heterocycles. The average Bonchev–Trinajstić information content (AvgIpc) is 3.01. The number of ether oxygens (including phenoxy) is 1. The molecule has 1 aliphatic rings. The Morgan fingerprint density at radius 2 is 1.83 bits per heavy atom. The minimum atomic E-state index is -0.457. The van der Waals surface area contributed by atoms with Crippen molar-refractivity contribution >= 4 is 24.2 Å². The van der Waals surface area contributed by atoms with Gasteiger partial charge < -0.3 is 21.1 Å². The van der Waals surface area contributed by atoms with Gasteiger partial charge in [0.1, 0.15) is 11.9 Å². The number of hydrogen-bond acceptors (Lipinski definition) is 4. The first kappa shape index (κ1) is 19.3. The number of nitrogens with one attached hydrogen (secondary N) is 2. The number of rotatable bonds is 6. The van der Waals surface area contributed by atoms with Crippen LogP contribution in [0.1, 0.15) is 23.2 Å². The van der Waals surface area contributed by atoms with Crippen LogP contribution in [0.25, 0.3) is 0 Å². The summed E-state index contributed by atoms with van der Waals surface area (Å²) in [4.78, 5) is 23.6. The van der Waals surface area contributed by atoms with E-state index in [4.69, 9.17) is 10.5 Å². The van der Waals surface area contributed by atoms with Gasteiger partial charge in [-0.2, -0.15) is 0 Å². The number of carbonyl (C=O) groups is 2. The van der Waals surface area contributed by atoms with Gasteiger partial charge in [-0.3, -0.25) is 9.59 Å². The van der Waals surface area contributed by atoms with Crippen molar-refractivity contribution in [1.29, 1.82) is 0 Å². The van der Waals surface area contributed by atoms with E-state index >= 15 is 0 Å². The van der Waals surface area contributed by atoms with Gasteiger partial charge in [0.05, 0.1) is 6.10 Å². The van der Waals surface area contributed by atoms with Crippen LogP contribution in [-0.4, -0.2) is 43.7 Å². The maximum Gasteiger partial charge on any atom is 0.251 e. The van der Waals surface area contributed by atoms with Crippen LogP contribution in [0, 0.1) is 5.82 Å². The quantitative estimate of drug-likeness (QED) is 0.658. The van der Waals surface area contributed by atoms with Crippen LogP contribution >= 0.6 is 12.4 Å². The number of hydrogen-bond donors (Lipinski definition) is 3. The molecule has 0 radical (unpaired) electrons. The molecule has 0 aliphatic carbocycles. The molecule has 2 amide bonds. The van der Waals surface area contributed by atoms with Gasteiger partial charge in [-0.1, -0.05) is 0 Å². The van der Waals surface area contributed by atoms with E-state index in [1.165, 1.54) is 24.3 Å². The summed E-state index contributed by atoms with van der Waals surface area (Å²) in [5.74, 6) is -0.891. The van der Waals surface area contributed by atoms with E-state index < -0.39 is 11.9 Å². The van der Waals surface area contributed by atoms with Crippen LogP contribution in [0.5, 0.6) is 0 Å². The maximum atomic E-state index is 12.7. The molecule has 2 rings (SSSR count). The molecule has 1 aromatic carbocycles. The van der Waals surface area contributed by atoms with Gasteiger partial charge >= 0.3 is 0 Å². The molecular formula is C15H21ClFN3O3. The summed E-state index contributed by atoms with van der Waals surface area (Å²) in [6.45, 7) is 1.01. The predicted molar refractivity (Wildman–Crippen MR) is 85.9 cm³/mol. The van der Waals surface area contributed by atoms with Crippen molar-refractivity contribution in [2.75, 3.05) is 19.6 Å². The number of amides is 2. The molecule has 128 valence electrons. The monoisotopic (exact) mass is 345 g/mol. The fraction of sp³-hybridized carbons (Fsp3) is 0.467. The van der Waals surface area contributed by atoms with Crippen LogP contribution in [0.4, 0.5) is 4.39 Å². The van der Waals surface area contributed by atoms with E-state index in [9.17, 15) is 14.0 Å². The molecule has 0 spiro atoms. The fourth-order valence-corrected chi connectivity index (χ4v) is 2.25. The molecule has 4 N–H and O–H groups in total. The molecule has 6 nitrogen and oxygen atoms in total. The van der Waals surface area contributed by atoms with Crippen LogP contribution in [0.3, 0.4) is 0 Å². The van der Waals surface area contributed by atoms with Crippen molar-refractivity contribution in [2.24, 2.45) is 5.73 Å². The lowest BCUT2D eigenvalue weighted by molar-refractivity contribution is -0.131. The Labute approximate surface area is 140 Å². The Morgan fingerprint density at radius 3 is 2.43 bits per heavy atom. The van der Waals surface area contributed by atoms with Gasteiger partial charge in [-0.15, -0.1) is 12.4 Å². The van der Waals surface area contributed by atoms with Gasteiger partial charge in [-0.05, 0) is 37.1 Å². The third kappa shape index (κ3) is 5.78. The maximum absolute atomic E-state index is 12.7. The van der Waals surface area contributed by atoms with Gasteiger partial charge in [0.15, 0.2) is 0 Å². The fourth-order valence-electron chi connectivity index (χ4n) is 2.25. The summed E-state index contributed by atoms with van der Waals surface area (Å²) in [6, 6.07) is 5.26. The Balaban J connectivity index is 0.00000264. The Hall–Kier alpha value is -1.70. The SMILES string of the molecule is Cl.NC[C@H]1CC[C@@H](C(=O)NCCNC(=O)c2ccc(F)cc2)O1. The zero-order valence-electron chi connectivity index (χ0n) is 12.6. The van der Waals surface area contributed by atoms with Crippen molar-refractivity contribution in [1.82, 2.24) is 10.6 Å². The topological polar surface area (TPSA) is 93.5 Å². The van der Waals surface area contributed by atoms with Crippen LogP contribution < -0.4 is 16.4 Å². The van der Waals surface area contributed by atoms with Crippen LogP contribution in [0.2, 0.25) is 0 Å². The molecule has 2 atom stereocenters. The Morgan fingerprint density at radius 1 is 1.17 bits per heavy atom. The summed E-state index contributed by atoms with van der Waals surface area (Å²) in [6.07, 6.45) is 0.946. The summed E-state index contributed by atoms with van der Waals surface area (Å²) in [5.41, 5.74) is 5.86.